The van der Waals surface area contributed by atoms with Gasteiger partial charge in [-0.2, -0.15) is 5.10 Å². The maximum absolute atomic E-state index is 11.9. The van der Waals surface area contributed by atoms with Gasteiger partial charge in [0.1, 0.15) is 0 Å². The quantitative estimate of drug-likeness (QED) is 0.678. The van der Waals surface area contributed by atoms with E-state index in [1.54, 1.807) is 6.21 Å². The molecule has 1 N–H and O–H groups in total. The van der Waals surface area contributed by atoms with E-state index in [0.717, 1.165) is 11.1 Å². The zero-order valence-electron chi connectivity index (χ0n) is 13.3. The van der Waals surface area contributed by atoms with Gasteiger partial charge in [0.05, 0.1) is 12.6 Å². The zero-order chi connectivity index (χ0) is 16.0. The Morgan fingerprint density at radius 3 is 2.27 bits per heavy atom. The Hall–Kier alpha value is -2.42. The minimum atomic E-state index is -0.115. The Bertz CT molecular complexity index is 637. The largest absolute Gasteiger partial charge is 0.273 e. The Morgan fingerprint density at radius 2 is 1.68 bits per heavy atom. The van der Waals surface area contributed by atoms with Crippen molar-refractivity contribution in [2.24, 2.45) is 5.10 Å². The van der Waals surface area contributed by atoms with E-state index in [9.17, 15) is 4.79 Å². The monoisotopic (exact) mass is 294 g/mol. The molecule has 3 heteroatoms. The number of carbonyl (C=O) groups excluding carboxylic acids is 1. The smallest absolute Gasteiger partial charge is 0.244 e. The normalized spacial score (nSPS) is 11.6. The molecule has 0 aliphatic heterocycles. The minimum Gasteiger partial charge on any atom is -0.273 e. The van der Waals surface area contributed by atoms with Crippen LogP contribution in [-0.4, -0.2) is 12.1 Å². The molecule has 0 heterocycles. The number of carbonyl (C=O) groups is 1. The van der Waals surface area contributed by atoms with E-state index in [2.05, 4.69) is 43.4 Å². The summed E-state index contributed by atoms with van der Waals surface area (Å²) >= 11 is 0. The fraction of sp³-hybridized carbons (Fsp3) is 0.263. The van der Waals surface area contributed by atoms with Gasteiger partial charge in [0.25, 0.3) is 0 Å². The highest BCUT2D eigenvalue weighted by molar-refractivity contribution is 5.83. The summed E-state index contributed by atoms with van der Waals surface area (Å²) in [5.41, 5.74) is 5.89. The number of hydrogen-bond donors (Lipinski definition) is 1. The molecule has 2 aromatic carbocycles. The van der Waals surface area contributed by atoms with Crippen molar-refractivity contribution in [3.63, 3.8) is 0 Å². The number of nitrogens with one attached hydrogen (secondary N) is 1. The lowest BCUT2D eigenvalue weighted by Gasteiger charge is -2.19. The maximum atomic E-state index is 11.9. The molecule has 2 rings (SSSR count). The first-order valence-electron chi connectivity index (χ1n) is 7.41. The van der Waals surface area contributed by atoms with Gasteiger partial charge in [0.2, 0.25) is 5.91 Å². The van der Waals surface area contributed by atoms with E-state index >= 15 is 0 Å². The average Bonchev–Trinajstić information content (AvgIpc) is 2.48. The number of nitrogens with zero attached hydrogens (tertiary/aromatic N) is 1. The summed E-state index contributed by atoms with van der Waals surface area (Å²) in [7, 11) is 0. The lowest BCUT2D eigenvalue weighted by molar-refractivity contribution is -0.120. The van der Waals surface area contributed by atoms with E-state index < -0.39 is 0 Å². The number of amides is 1. The van der Waals surface area contributed by atoms with Gasteiger partial charge in [-0.15, -0.1) is 0 Å². The van der Waals surface area contributed by atoms with Crippen molar-refractivity contribution in [3.05, 3.63) is 71.3 Å². The van der Waals surface area contributed by atoms with Crippen LogP contribution in [0.3, 0.4) is 0 Å². The molecule has 0 spiro atoms. The van der Waals surface area contributed by atoms with Crippen molar-refractivity contribution in [1.29, 1.82) is 0 Å². The Labute approximate surface area is 132 Å². The van der Waals surface area contributed by atoms with Crippen molar-refractivity contribution < 1.29 is 4.79 Å². The third kappa shape index (κ3) is 4.85. The highest BCUT2D eigenvalue weighted by Gasteiger charge is 2.13. The topological polar surface area (TPSA) is 41.5 Å². The molecule has 0 radical (unpaired) electrons. The van der Waals surface area contributed by atoms with E-state index in [4.69, 9.17) is 0 Å². The number of hydrogen-bond acceptors (Lipinski definition) is 2. The van der Waals surface area contributed by atoms with Gasteiger partial charge < -0.3 is 0 Å². The molecule has 114 valence electrons. The van der Waals surface area contributed by atoms with Crippen LogP contribution in [0.5, 0.6) is 0 Å². The predicted octanol–water partition coefficient (Wildman–Crippen LogP) is 3.68. The van der Waals surface area contributed by atoms with Gasteiger partial charge in [0, 0.05) is 0 Å². The second-order valence-electron chi connectivity index (χ2n) is 6.33. The third-order valence-corrected chi connectivity index (χ3v) is 3.39. The molecule has 22 heavy (non-hydrogen) atoms. The lowest BCUT2D eigenvalue weighted by Crippen LogP contribution is -2.20. The summed E-state index contributed by atoms with van der Waals surface area (Å²) in [5.74, 6) is -0.115. The first-order chi connectivity index (χ1) is 10.4. The van der Waals surface area contributed by atoms with Gasteiger partial charge >= 0.3 is 0 Å². The number of benzene rings is 2. The first kappa shape index (κ1) is 16.0. The van der Waals surface area contributed by atoms with E-state index in [-0.39, 0.29) is 11.3 Å². The predicted molar refractivity (Wildman–Crippen MR) is 91.0 cm³/mol. The fourth-order valence-electron chi connectivity index (χ4n) is 2.07. The number of rotatable bonds is 4. The zero-order valence-corrected chi connectivity index (χ0v) is 13.3. The maximum Gasteiger partial charge on any atom is 0.244 e. The highest BCUT2D eigenvalue weighted by Crippen LogP contribution is 2.22. The summed E-state index contributed by atoms with van der Waals surface area (Å²) in [4.78, 5) is 11.9. The van der Waals surface area contributed by atoms with Crippen molar-refractivity contribution in [2.45, 2.75) is 32.6 Å². The molecular formula is C19H22N2O. The minimum absolute atomic E-state index is 0.115. The van der Waals surface area contributed by atoms with Crippen LogP contribution in [0.4, 0.5) is 0 Å². The van der Waals surface area contributed by atoms with Crippen molar-refractivity contribution in [2.75, 3.05) is 0 Å². The second kappa shape index (κ2) is 7.03. The molecule has 0 atom stereocenters. The van der Waals surface area contributed by atoms with Crippen LogP contribution in [0, 0.1) is 0 Å². The van der Waals surface area contributed by atoms with Crippen LogP contribution in [0.2, 0.25) is 0 Å². The van der Waals surface area contributed by atoms with E-state index in [1.165, 1.54) is 5.56 Å². The van der Waals surface area contributed by atoms with Crippen LogP contribution in [0.25, 0.3) is 0 Å². The standard InChI is InChI=1S/C19H22N2O/c1-19(2,3)17-11-9-15(10-12-17)13-18(22)21-20-14-16-7-5-4-6-8-16/h4-12,14H,13H2,1-3H3,(H,21,22). The molecule has 0 unspecified atom stereocenters. The highest BCUT2D eigenvalue weighted by atomic mass is 16.2. The van der Waals surface area contributed by atoms with Crippen LogP contribution in [0.1, 0.15) is 37.5 Å². The summed E-state index contributed by atoms with van der Waals surface area (Å²) in [6.07, 6.45) is 1.97. The Balaban J connectivity index is 1.88. The number of hydrazone groups is 1. The molecule has 0 aromatic heterocycles. The summed E-state index contributed by atoms with van der Waals surface area (Å²) in [6, 6.07) is 17.8. The molecule has 0 saturated carbocycles. The molecule has 0 aliphatic carbocycles. The average molecular weight is 294 g/mol. The third-order valence-electron chi connectivity index (χ3n) is 3.39. The van der Waals surface area contributed by atoms with Crippen molar-refractivity contribution in [3.8, 4) is 0 Å². The molecule has 0 bridgehead atoms. The molecule has 2 aromatic rings. The molecule has 0 fully saturated rings. The van der Waals surface area contributed by atoms with Crippen LogP contribution in [-0.2, 0) is 16.6 Å². The molecule has 0 saturated heterocycles. The summed E-state index contributed by atoms with van der Waals surface area (Å²) in [6.45, 7) is 6.52. The first-order valence-corrected chi connectivity index (χ1v) is 7.41. The Kier molecular flexibility index (Phi) is 5.10. The fourth-order valence-corrected chi connectivity index (χ4v) is 2.07. The molecule has 0 aliphatic rings. The van der Waals surface area contributed by atoms with Gasteiger partial charge in [-0.3, -0.25) is 4.79 Å². The SMILES string of the molecule is CC(C)(C)c1ccc(CC(=O)NN=Cc2ccccc2)cc1. The summed E-state index contributed by atoms with van der Waals surface area (Å²) in [5, 5.41) is 3.97. The molecule has 3 nitrogen and oxygen atoms in total. The molecular weight excluding hydrogens is 272 g/mol. The van der Waals surface area contributed by atoms with Crippen LogP contribution in [0.15, 0.2) is 59.7 Å². The van der Waals surface area contributed by atoms with Crippen molar-refractivity contribution in [1.82, 2.24) is 5.43 Å². The van der Waals surface area contributed by atoms with Gasteiger partial charge in [-0.05, 0) is 22.1 Å². The molecule has 1 amide bonds. The van der Waals surface area contributed by atoms with Crippen molar-refractivity contribution >= 4 is 12.1 Å². The second-order valence-corrected chi connectivity index (χ2v) is 6.33. The van der Waals surface area contributed by atoms with E-state index in [0.29, 0.717) is 6.42 Å². The lowest BCUT2D eigenvalue weighted by atomic mass is 9.86. The van der Waals surface area contributed by atoms with Gasteiger partial charge in [0.15, 0.2) is 0 Å². The Morgan fingerprint density at radius 1 is 1.05 bits per heavy atom. The van der Waals surface area contributed by atoms with Crippen LogP contribution < -0.4 is 5.43 Å². The van der Waals surface area contributed by atoms with Crippen LogP contribution >= 0.6 is 0 Å². The van der Waals surface area contributed by atoms with Gasteiger partial charge in [-0.25, -0.2) is 5.43 Å². The van der Waals surface area contributed by atoms with E-state index in [1.807, 2.05) is 42.5 Å². The van der Waals surface area contributed by atoms with Gasteiger partial charge in [-0.1, -0.05) is 75.4 Å². The summed E-state index contributed by atoms with van der Waals surface area (Å²) < 4.78 is 0.